The first-order chi connectivity index (χ1) is 9.15. The van der Waals surface area contributed by atoms with Gasteiger partial charge in [-0.25, -0.2) is 8.42 Å². The Morgan fingerprint density at radius 1 is 0.952 bits per heavy atom. The fraction of sp³-hybridized carbons (Fsp3) is 0.500. The Hall–Kier alpha value is 0.534. The molecule has 0 radical (unpaired) electrons. The molecular weight excluding hydrogens is 416 g/mol. The summed E-state index contributed by atoms with van der Waals surface area (Å²) in [6, 6.07) is 0. The Morgan fingerprint density at radius 2 is 1.33 bits per heavy atom. The molecule has 21 heavy (non-hydrogen) atoms. The van der Waals surface area contributed by atoms with Crippen molar-refractivity contribution in [3.05, 3.63) is 34.4 Å². The van der Waals surface area contributed by atoms with Crippen LogP contribution in [0.5, 0.6) is 0 Å². The Bertz CT molecular complexity index is 589. The van der Waals surface area contributed by atoms with Gasteiger partial charge in [0.1, 0.15) is 15.3 Å². The molecule has 0 aliphatic heterocycles. The molecule has 1 rings (SSSR count). The van der Waals surface area contributed by atoms with Gasteiger partial charge in [0.15, 0.2) is 0 Å². The van der Waals surface area contributed by atoms with Crippen molar-refractivity contribution in [2.24, 2.45) is 0 Å². The molecule has 0 saturated heterocycles. The molecule has 1 aromatic rings. The fourth-order valence-electron chi connectivity index (χ4n) is 2.29. The van der Waals surface area contributed by atoms with E-state index in [1.165, 1.54) is 12.6 Å². The molecule has 0 spiro atoms. The molecule has 7 heteroatoms. The van der Waals surface area contributed by atoms with Gasteiger partial charge in [-0.2, -0.15) is 7.05 Å². The zero-order chi connectivity index (χ0) is 16.2. The Balaban J connectivity index is 0. The third-order valence-electron chi connectivity index (χ3n) is 3.63. The van der Waals surface area contributed by atoms with Gasteiger partial charge in [-0.15, -0.1) is 0 Å². The van der Waals surface area contributed by atoms with Crippen LogP contribution >= 0.6 is 22.1 Å². The number of halogens is 1. The molecule has 0 atom stereocenters. The van der Waals surface area contributed by atoms with E-state index < -0.39 is 17.9 Å². The van der Waals surface area contributed by atoms with Crippen molar-refractivity contribution in [3.63, 3.8) is 0 Å². The summed E-state index contributed by atoms with van der Waals surface area (Å²) in [4.78, 5) is 0.449. The van der Waals surface area contributed by atoms with Crippen LogP contribution in [0.2, 0.25) is 0 Å². The van der Waals surface area contributed by atoms with Crippen LogP contribution in [0.1, 0.15) is 22.3 Å². The third kappa shape index (κ3) is 5.01. The number of hydrogen-bond donors (Lipinski definition) is 0. The van der Waals surface area contributed by atoms with Crippen LogP contribution in [0.4, 0.5) is 0 Å². The molecule has 0 fully saturated rings. The summed E-state index contributed by atoms with van der Waals surface area (Å²) in [7, 11) is -3.03. The molecule has 0 aliphatic carbocycles. The normalized spacial score (nSPS) is 10.8. The van der Waals surface area contributed by atoms with Crippen LogP contribution < -0.4 is 5.30 Å². The molecule has 3 nitrogen and oxygen atoms in total. The van der Waals surface area contributed by atoms with Gasteiger partial charge in [0, 0.05) is 7.92 Å². The van der Waals surface area contributed by atoms with Gasteiger partial charge in [-0.3, -0.25) is 0 Å². The van der Waals surface area contributed by atoms with E-state index in [1.54, 1.807) is 0 Å². The van der Waals surface area contributed by atoms with Crippen molar-refractivity contribution in [3.8, 4) is 0 Å². The number of benzene rings is 1. The fourth-order valence-corrected chi connectivity index (χ4v) is 6.01. The van der Waals surface area contributed by atoms with Crippen molar-refractivity contribution in [1.82, 2.24) is 0 Å². The van der Waals surface area contributed by atoms with E-state index in [9.17, 15) is 8.42 Å². The first-order valence-corrected chi connectivity index (χ1v) is 12.4. The van der Waals surface area contributed by atoms with E-state index in [0.717, 1.165) is 22.0 Å². The second-order valence-corrected chi connectivity index (χ2v) is 9.09. The minimum atomic E-state index is -3.52. The van der Waals surface area contributed by atoms with Crippen LogP contribution in [-0.2, 0) is 23.7 Å². The Labute approximate surface area is 146 Å². The van der Waals surface area contributed by atoms with E-state index in [0.29, 0.717) is 4.90 Å². The van der Waals surface area contributed by atoms with E-state index in [1.807, 2.05) is 20.8 Å². The second kappa shape index (κ2) is 9.62. The zero-order valence-corrected chi connectivity index (χ0v) is 18.3. The zero-order valence-electron chi connectivity index (χ0n) is 13.9. The molecule has 0 aliphatic rings. The molecule has 127 valence electrons. The van der Waals surface area contributed by atoms with Gasteiger partial charge < -0.3 is 12.1 Å². The maximum absolute atomic E-state index is 12.2. The number of rotatable bonds is 3. The van der Waals surface area contributed by atoms with Gasteiger partial charge in [0.25, 0.3) is 0 Å². The quantitative estimate of drug-likeness (QED) is 0.405. The van der Waals surface area contributed by atoms with E-state index >= 15 is 0 Å². The molecule has 0 aromatic heterocycles. The van der Waals surface area contributed by atoms with Gasteiger partial charge in [-0.05, 0) is 49.9 Å². The first-order valence-electron chi connectivity index (χ1n) is 6.04. The van der Waals surface area contributed by atoms with Crippen LogP contribution in [0.25, 0.3) is 4.72 Å². The minimum absolute atomic E-state index is 0. The van der Waals surface area contributed by atoms with Crippen molar-refractivity contribution >= 4 is 37.5 Å². The number of sulfonamides is 1. The first kappa shape index (κ1) is 23.8. The average molecular weight is 441 g/mol. The van der Waals surface area contributed by atoms with Crippen molar-refractivity contribution in [2.75, 3.05) is 20.4 Å². The van der Waals surface area contributed by atoms with Crippen LogP contribution in [-0.4, -0.2) is 28.8 Å². The van der Waals surface area contributed by atoms with E-state index in [2.05, 4.69) is 52.9 Å². The maximum atomic E-state index is 12.2. The molecule has 0 unspecified atom stereocenters. The van der Waals surface area contributed by atoms with Crippen LogP contribution in [0, 0.1) is 35.1 Å². The van der Waals surface area contributed by atoms with Gasteiger partial charge >= 0.3 is 27.9 Å². The van der Waals surface area contributed by atoms with Crippen molar-refractivity contribution < 1.29 is 22.1 Å². The predicted molar refractivity (Wildman–Crippen MR) is 97.0 cm³/mol. The summed E-state index contributed by atoms with van der Waals surface area (Å²) in [5.74, 6) is 0. The summed E-state index contributed by atoms with van der Waals surface area (Å²) in [6.07, 6.45) is 0. The van der Waals surface area contributed by atoms with Crippen molar-refractivity contribution in [1.29, 1.82) is 0 Å². The van der Waals surface area contributed by atoms with Crippen molar-refractivity contribution in [2.45, 2.75) is 32.6 Å². The molecule has 0 bridgehead atoms. The summed E-state index contributed by atoms with van der Waals surface area (Å²) >= 11 is 6.25. The summed E-state index contributed by atoms with van der Waals surface area (Å²) in [5, 5.41) is 1.01. The number of hydrogen-bond acceptors (Lipinski definition) is 2. The van der Waals surface area contributed by atoms with E-state index in [4.69, 9.17) is 0 Å². The van der Waals surface area contributed by atoms with Gasteiger partial charge in [0.2, 0.25) is 0 Å². The SMILES string of the molecule is C[N-]S(=O)(=O)c1c(C)c(C)c(C)c(C)c1[PH+](C)C.[CH3-].[Ni][Br]. The third-order valence-corrected chi connectivity index (χ3v) is 6.94. The van der Waals surface area contributed by atoms with Crippen LogP contribution in [0.3, 0.4) is 0 Å². The monoisotopic (exact) mass is 439 g/mol. The Morgan fingerprint density at radius 3 is 1.67 bits per heavy atom. The Kier molecular flexibility index (Phi) is 10.9. The standard InChI is InChI=1S/C13H21NO2PS.CH3.BrH.Ni/c1-8-9(2)11(4)13(18(15,16)14-5)12(10(8)3)17(6)7;;;/h1-7H3;1H3;1H;/q2*-1;;+1. The van der Waals surface area contributed by atoms with Gasteiger partial charge in [0.05, 0.1) is 18.2 Å². The summed E-state index contributed by atoms with van der Waals surface area (Å²) in [6.45, 7) is 12.2. The molecule has 0 saturated carbocycles. The summed E-state index contributed by atoms with van der Waals surface area (Å²) < 4.78 is 28.0. The molecule has 0 N–H and O–H groups in total. The van der Waals surface area contributed by atoms with E-state index in [-0.39, 0.29) is 7.43 Å². The van der Waals surface area contributed by atoms with Crippen LogP contribution in [0.15, 0.2) is 4.90 Å². The second-order valence-electron chi connectivity index (χ2n) is 4.86. The van der Waals surface area contributed by atoms with Gasteiger partial charge in [-0.1, -0.05) is 0 Å². The summed E-state index contributed by atoms with van der Waals surface area (Å²) in [5.41, 5.74) is 4.22. The average Bonchev–Trinajstić information content (AvgIpc) is 2.41. The molecule has 0 heterocycles. The topological polar surface area (TPSA) is 48.2 Å². The number of nitrogens with zero attached hydrogens (tertiary/aromatic N) is 1. The molecular formula is C14H25BrNNiO2PS-. The predicted octanol–water partition coefficient (Wildman–Crippen LogP) is 4.00. The molecule has 0 amide bonds. The molecule has 1 aromatic carbocycles.